The van der Waals surface area contributed by atoms with Gasteiger partial charge in [-0.05, 0) is 48.5 Å². The number of nitrogens with two attached hydrogens (primary N) is 1. The fourth-order valence-corrected chi connectivity index (χ4v) is 4.04. The number of alkyl halides is 3. The molecule has 3 N–H and O–H groups in total. The first-order valence-corrected chi connectivity index (χ1v) is 10.4. The number of halogens is 5. The van der Waals surface area contributed by atoms with Crippen LogP contribution < -0.4 is 21.1 Å². The second kappa shape index (κ2) is 8.97. The monoisotopic (exact) mass is 492 g/mol. The molecule has 1 aliphatic rings. The van der Waals surface area contributed by atoms with Crippen molar-refractivity contribution in [1.82, 2.24) is 5.43 Å². The predicted molar refractivity (Wildman–Crippen MR) is 122 cm³/mol. The molecule has 170 valence electrons. The highest BCUT2D eigenvalue weighted by Crippen LogP contribution is 2.45. The number of hydrogen-bond acceptors (Lipinski definition) is 4. The Bertz CT molecular complexity index is 1210. The van der Waals surface area contributed by atoms with Crippen molar-refractivity contribution in [3.63, 3.8) is 0 Å². The molecule has 33 heavy (non-hydrogen) atoms. The standard InChI is InChI=1S/C23H17Cl2F3N4O/c24-15-8-10-16(11-9-15)31-13-20(21(33)30-29)32(22(31)18-6-1-2-7-19(18)25)17-5-3-4-14(12-17)23(26,27)28/h1-13,22H,29H2,(H,30,33). The molecule has 1 aliphatic heterocycles. The largest absolute Gasteiger partial charge is 0.416 e. The summed E-state index contributed by atoms with van der Waals surface area (Å²) in [6.45, 7) is 0. The van der Waals surface area contributed by atoms with Crippen molar-refractivity contribution in [2.45, 2.75) is 12.3 Å². The van der Waals surface area contributed by atoms with E-state index in [4.69, 9.17) is 29.0 Å². The number of carbonyl (C=O) groups is 1. The van der Waals surface area contributed by atoms with E-state index in [1.165, 1.54) is 23.2 Å². The van der Waals surface area contributed by atoms with Gasteiger partial charge in [-0.2, -0.15) is 13.2 Å². The van der Waals surface area contributed by atoms with Crippen LogP contribution in [-0.2, 0) is 11.0 Å². The molecule has 3 aromatic rings. The molecule has 1 atom stereocenters. The maximum atomic E-state index is 13.5. The zero-order valence-electron chi connectivity index (χ0n) is 16.9. The van der Waals surface area contributed by atoms with Gasteiger partial charge >= 0.3 is 6.18 Å². The Labute approximate surface area is 197 Å². The SMILES string of the molecule is NNC(=O)C1=CN(c2ccc(Cl)cc2)C(c2ccccc2Cl)N1c1cccc(C(F)(F)F)c1. The predicted octanol–water partition coefficient (Wildman–Crippen LogP) is 5.87. The number of hydrogen-bond donors (Lipinski definition) is 2. The van der Waals surface area contributed by atoms with Crippen molar-refractivity contribution in [2.75, 3.05) is 9.80 Å². The van der Waals surface area contributed by atoms with Gasteiger partial charge < -0.3 is 9.80 Å². The van der Waals surface area contributed by atoms with Gasteiger partial charge in [0.1, 0.15) is 11.9 Å². The van der Waals surface area contributed by atoms with Crippen molar-refractivity contribution in [3.05, 3.63) is 106 Å². The first-order chi connectivity index (χ1) is 15.7. The smallest absolute Gasteiger partial charge is 0.320 e. The number of carbonyl (C=O) groups excluding carboxylic acids is 1. The minimum absolute atomic E-state index is 0.0386. The van der Waals surface area contributed by atoms with Crippen molar-refractivity contribution < 1.29 is 18.0 Å². The number of hydrazine groups is 1. The van der Waals surface area contributed by atoms with Gasteiger partial charge in [0.15, 0.2) is 0 Å². The fraction of sp³-hybridized carbons (Fsp3) is 0.0870. The fourth-order valence-electron chi connectivity index (χ4n) is 3.68. The minimum Gasteiger partial charge on any atom is -0.320 e. The molecule has 0 spiro atoms. The molecule has 5 nitrogen and oxygen atoms in total. The molecule has 0 saturated carbocycles. The number of anilines is 2. The Balaban J connectivity index is 1.94. The summed E-state index contributed by atoms with van der Waals surface area (Å²) in [7, 11) is 0. The van der Waals surface area contributed by atoms with E-state index in [-0.39, 0.29) is 11.4 Å². The van der Waals surface area contributed by atoms with Crippen LogP contribution in [-0.4, -0.2) is 5.91 Å². The van der Waals surface area contributed by atoms with Crippen molar-refractivity contribution in [2.24, 2.45) is 5.84 Å². The third kappa shape index (κ3) is 4.50. The number of nitrogens with one attached hydrogen (secondary N) is 1. The van der Waals surface area contributed by atoms with Gasteiger partial charge in [-0.3, -0.25) is 10.2 Å². The van der Waals surface area contributed by atoms with E-state index in [9.17, 15) is 18.0 Å². The van der Waals surface area contributed by atoms with Gasteiger partial charge in [0.2, 0.25) is 0 Å². The molecule has 0 fully saturated rings. The third-order valence-electron chi connectivity index (χ3n) is 5.15. The van der Waals surface area contributed by atoms with Gasteiger partial charge in [-0.1, -0.05) is 47.5 Å². The summed E-state index contributed by atoms with van der Waals surface area (Å²) in [5, 5.41) is 0.882. The maximum Gasteiger partial charge on any atom is 0.416 e. The summed E-state index contributed by atoms with van der Waals surface area (Å²) >= 11 is 12.5. The van der Waals surface area contributed by atoms with Crippen LogP contribution in [0.25, 0.3) is 0 Å². The van der Waals surface area contributed by atoms with E-state index in [0.29, 0.717) is 21.3 Å². The zero-order chi connectivity index (χ0) is 23.8. The molecular weight excluding hydrogens is 476 g/mol. The molecule has 0 radical (unpaired) electrons. The van der Waals surface area contributed by atoms with Crippen LogP contribution in [0.3, 0.4) is 0 Å². The molecule has 1 amide bonds. The van der Waals surface area contributed by atoms with Crippen molar-refractivity contribution in [3.8, 4) is 0 Å². The molecule has 0 bridgehead atoms. The second-order valence-corrected chi connectivity index (χ2v) is 8.03. The topological polar surface area (TPSA) is 61.6 Å². The van der Waals surface area contributed by atoms with Gasteiger partial charge in [-0.15, -0.1) is 0 Å². The lowest BCUT2D eigenvalue weighted by Crippen LogP contribution is -2.39. The van der Waals surface area contributed by atoms with Crippen molar-refractivity contribution >= 4 is 40.5 Å². The van der Waals surface area contributed by atoms with E-state index in [0.717, 1.165) is 12.1 Å². The number of rotatable bonds is 4. The Kier molecular flexibility index (Phi) is 6.25. The van der Waals surface area contributed by atoms with E-state index in [1.54, 1.807) is 53.4 Å². The molecule has 0 aromatic heterocycles. The first-order valence-electron chi connectivity index (χ1n) is 9.68. The third-order valence-corrected chi connectivity index (χ3v) is 5.75. The molecule has 1 heterocycles. The van der Waals surface area contributed by atoms with Gasteiger partial charge in [0, 0.05) is 33.2 Å². The first kappa shape index (κ1) is 23.0. The highest BCUT2D eigenvalue weighted by atomic mass is 35.5. The Morgan fingerprint density at radius 2 is 1.64 bits per heavy atom. The van der Waals surface area contributed by atoms with Crippen LogP contribution in [0.5, 0.6) is 0 Å². The molecule has 0 aliphatic carbocycles. The summed E-state index contributed by atoms with van der Waals surface area (Å²) < 4.78 is 40.4. The summed E-state index contributed by atoms with van der Waals surface area (Å²) in [6, 6.07) is 18.4. The van der Waals surface area contributed by atoms with Crippen LogP contribution in [0.2, 0.25) is 10.0 Å². The highest BCUT2D eigenvalue weighted by molar-refractivity contribution is 6.31. The maximum absolute atomic E-state index is 13.5. The second-order valence-electron chi connectivity index (χ2n) is 7.18. The minimum atomic E-state index is -4.56. The highest BCUT2D eigenvalue weighted by Gasteiger charge is 2.40. The summed E-state index contributed by atoms with van der Waals surface area (Å²) in [5.41, 5.74) is 2.61. The Morgan fingerprint density at radius 3 is 2.27 bits per heavy atom. The Morgan fingerprint density at radius 1 is 0.939 bits per heavy atom. The number of benzene rings is 3. The van der Waals surface area contributed by atoms with Crippen LogP contribution in [0.4, 0.5) is 24.5 Å². The van der Waals surface area contributed by atoms with Crippen LogP contribution >= 0.6 is 23.2 Å². The average Bonchev–Trinajstić information content (AvgIpc) is 3.19. The van der Waals surface area contributed by atoms with Gasteiger partial charge in [0.25, 0.3) is 5.91 Å². The van der Waals surface area contributed by atoms with Gasteiger partial charge in [-0.25, -0.2) is 5.84 Å². The lowest BCUT2D eigenvalue weighted by Gasteiger charge is -2.35. The van der Waals surface area contributed by atoms with E-state index in [1.807, 2.05) is 0 Å². The summed E-state index contributed by atoms with van der Waals surface area (Å²) in [5.74, 6) is 4.72. The van der Waals surface area contributed by atoms with E-state index >= 15 is 0 Å². The van der Waals surface area contributed by atoms with Crippen molar-refractivity contribution in [1.29, 1.82) is 0 Å². The van der Waals surface area contributed by atoms with Crippen LogP contribution in [0.15, 0.2) is 84.7 Å². The molecular formula is C23H17Cl2F3N4O. The zero-order valence-corrected chi connectivity index (χ0v) is 18.4. The molecule has 10 heteroatoms. The molecule has 4 rings (SSSR count). The summed E-state index contributed by atoms with van der Waals surface area (Å²) in [4.78, 5) is 15.9. The van der Waals surface area contributed by atoms with Crippen LogP contribution in [0.1, 0.15) is 17.3 Å². The lowest BCUT2D eigenvalue weighted by atomic mass is 10.1. The van der Waals surface area contributed by atoms with Crippen LogP contribution in [0, 0.1) is 0 Å². The van der Waals surface area contributed by atoms with E-state index in [2.05, 4.69) is 5.43 Å². The summed E-state index contributed by atoms with van der Waals surface area (Å²) in [6.07, 6.45) is -3.83. The quantitative estimate of drug-likeness (QED) is 0.271. The normalized spacial score (nSPS) is 16.1. The average molecular weight is 493 g/mol. The molecule has 3 aromatic carbocycles. The molecule has 0 saturated heterocycles. The number of nitrogens with zero attached hydrogens (tertiary/aromatic N) is 2. The van der Waals surface area contributed by atoms with E-state index < -0.39 is 23.8 Å². The lowest BCUT2D eigenvalue weighted by molar-refractivity contribution is -0.137. The number of amides is 1. The Hall–Kier alpha value is -3.20. The molecule has 1 unspecified atom stereocenters. The van der Waals surface area contributed by atoms with Gasteiger partial charge in [0.05, 0.1) is 5.56 Å².